The first kappa shape index (κ1) is 109. The van der Waals surface area contributed by atoms with E-state index >= 15 is 0 Å². The molecule has 0 saturated heterocycles. The maximum atomic E-state index is 12.6. The van der Waals surface area contributed by atoms with Crippen LogP contribution in [0.5, 0.6) is 5.75 Å². The lowest BCUT2D eigenvalue weighted by Gasteiger charge is -2.18. The summed E-state index contributed by atoms with van der Waals surface area (Å²) in [5.41, 5.74) is 0.945. The van der Waals surface area contributed by atoms with Gasteiger partial charge in [-0.2, -0.15) is 0 Å². The van der Waals surface area contributed by atoms with Crippen LogP contribution in [0.4, 0.5) is 19.2 Å². The minimum atomic E-state index is -0.967. The molecule has 15 nitrogen and oxygen atoms in total. The smallest absolute Gasteiger partial charge is 0.497 e. The number of aliphatic hydroxyl groups is 1. The van der Waals surface area contributed by atoms with Gasteiger partial charge in [-0.3, -0.25) is 0 Å². The number of carbonyl (C=O) groups excluding carboxylic acids is 4. The van der Waals surface area contributed by atoms with Gasteiger partial charge in [0.2, 0.25) is 0 Å². The molecule has 0 heterocycles. The number of aliphatic hydroxyl groups excluding tert-OH is 1. The molecular formula is C98H184O15. The standard InChI is InChI=1S/C53H96O8.C45H88O7/c1-4-6-8-10-12-14-16-18-20-22-24-26-28-30-32-34-36-38-44-58-52(54)60-48-51(47-57-46-49-40-42-50(56-3)43-41-49)61-53(55)59-45-39-37-35-33-31-29-27-25-23-21-19-17-15-13-11-9-7-5-2;1-3-5-7-9-11-13-15-17-19-21-23-25-27-29-31-33-35-37-39-49-44(47)51-42-43(41-46)52-45(48)50-40-38-36-34-32-30-28-26-24-22-20-18-16-14-12-10-8-6-4-2/h40-43,51H,4-39,44-48H2,1-3H3;43,46H,3-42H2,1-2H3/t51-;43-/m11/s1. The van der Waals surface area contributed by atoms with Gasteiger partial charge >= 0.3 is 24.6 Å². The van der Waals surface area contributed by atoms with Crippen LogP contribution in [0.25, 0.3) is 0 Å². The first-order chi connectivity index (χ1) is 55.7. The van der Waals surface area contributed by atoms with Crippen molar-refractivity contribution >= 4 is 24.6 Å². The quantitative estimate of drug-likeness (QED) is 0.0369. The maximum Gasteiger partial charge on any atom is 0.508 e. The number of hydrogen-bond acceptors (Lipinski definition) is 15. The van der Waals surface area contributed by atoms with Crippen molar-refractivity contribution in [1.29, 1.82) is 0 Å². The van der Waals surface area contributed by atoms with Gasteiger partial charge in [-0.15, -0.1) is 0 Å². The number of carbonyl (C=O) groups is 4. The maximum absolute atomic E-state index is 12.6. The van der Waals surface area contributed by atoms with Gasteiger partial charge in [-0.1, -0.05) is 476 Å². The second kappa shape index (κ2) is 93.5. The Labute approximate surface area is 697 Å². The fourth-order valence-corrected chi connectivity index (χ4v) is 14.7. The Hall–Kier alpha value is -3.98. The van der Waals surface area contributed by atoms with Crippen LogP contribution in [0, 0.1) is 0 Å². The van der Waals surface area contributed by atoms with Gasteiger partial charge in [0.05, 0.1) is 53.4 Å². The van der Waals surface area contributed by atoms with Crippen LogP contribution in [-0.2, 0) is 49.2 Å². The van der Waals surface area contributed by atoms with Crippen molar-refractivity contribution in [3.63, 3.8) is 0 Å². The van der Waals surface area contributed by atoms with E-state index in [-0.39, 0.29) is 26.4 Å². The fourth-order valence-electron chi connectivity index (χ4n) is 14.7. The molecular weight excluding hydrogens is 1420 g/mol. The SMILES string of the molecule is CCCCCCCCCCCCCCCCCCCCOC(=O)OC[C@@H](CO)OC(=O)OCCCCCCCCCCCCCCCCCCCC.CCCCCCCCCCCCCCCCCCCCOC(=O)OC[C@@H](COCc1ccc(OC)cc1)OC(=O)OCCCCCCCCCCCCCCCCCCCC. The molecule has 0 bridgehead atoms. The Bertz CT molecular complexity index is 2060. The van der Waals surface area contributed by atoms with E-state index in [1.807, 2.05) is 24.3 Å². The molecule has 0 aromatic heterocycles. The molecule has 1 N–H and O–H groups in total. The highest BCUT2D eigenvalue weighted by molar-refractivity contribution is 5.61. The number of hydrogen-bond donors (Lipinski definition) is 1. The number of unbranched alkanes of at least 4 members (excludes halogenated alkanes) is 68. The second-order valence-corrected chi connectivity index (χ2v) is 33.1. The van der Waals surface area contributed by atoms with Gasteiger partial charge in [0.1, 0.15) is 19.0 Å². The zero-order chi connectivity index (χ0) is 81.8. The molecule has 0 aliphatic heterocycles. The molecule has 0 aliphatic carbocycles. The highest BCUT2D eigenvalue weighted by Gasteiger charge is 2.21. The molecule has 0 fully saturated rings. The fraction of sp³-hybridized carbons (Fsp3) is 0.898. The predicted octanol–water partition coefficient (Wildman–Crippen LogP) is 31.7. The van der Waals surface area contributed by atoms with E-state index in [0.29, 0.717) is 26.4 Å². The van der Waals surface area contributed by atoms with E-state index in [2.05, 4.69) is 27.7 Å². The normalized spacial score (nSPS) is 11.8. The molecule has 0 saturated carbocycles. The number of benzene rings is 1. The van der Waals surface area contributed by atoms with Gasteiger partial charge in [0.15, 0.2) is 12.2 Å². The Kier molecular flexibility index (Phi) is 90.2. The molecule has 1 rings (SSSR count). The van der Waals surface area contributed by atoms with E-state index in [4.69, 9.17) is 47.4 Å². The first-order valence-electron chi connectivity index (χ1n) is 48.8. The number of rotatable bonds is 88. The highest BCUT2D eigenvalue weighted by Crippen LogP contribution is 2.21. The van der Waals surface area contributed by atoms with Crippen LogP contribution in [-0.4, -0.2) is 102 Å². The van der Waals surface area contributed by atoms with Crippen LogP contribution < -0.4 is 4.74 Å². The third-order valence-corrected chi connectivity index (χ3v) is 22.1. The molecule has 1 aromatic rings. The van der Waals surface area contributed by atoms with Crippen molar-refractivity contribution < 1.29 is 71.7 Å². The Balaban J connectivity index is 0.00000225. The summed E-state index contributed by atoms with van der Waals surface area (Å²) < 4.78 is 53.0. The van der Waals surface area contributed by atoms with Crippen molar-refractivity contribution in [1.82, 2.24) is 0 Å². The third kappa shape index (κ3) is 87.2. The van der Waals surface area contributed by atoms with Crippen molar-refractivity contribution in [2.75, 3.05) is 60.0 Å². The van der Waals surface area contributed by atoms with E-state index < -0.39 is 43.4 Å². The van der Waals surface area contributed by atoms with Gasteiger partial charge in [-0.05, 0) is 43.4 Å². The van der Waals surface area contributed by atoms with Crippen molar-refractivity contribution in [3.05, 3.63) is 29.8 Å². The summed E-state index contributed by atoms with van der Waals surface area (Å²) in [5, 5.41) is 9.50. The average molecular weight is 1600 g/mol. The van der Waals surface area contributed by atoms with Crippen LogP contribution in [0.2, 0.25) is 0 Å². The van der Waals surface area contributed by atoms with Crippen LogP contribution in [0.15, 0.2) is 24.3 Å². The van der Waals surface area contributed by atoms with Gasteiger partial charge in [0.25, 0.3) is 0 Å². The van der Waals surface area contributed by atoms with E-state index in [1.165, 1.54) is 385 Å². The Morgan fingerprint density at radius 2 is 0.442 bits per heavy atom. The van der Waals surface area contributed by atoms with Gasteiger partial charge in [0, 0.05) is 0 Å². The predicted molar refractivity (Wildman–Crippen MR) is 472 cm³/mol. The van der Waals surface area contributed by atoms with Gasteiger partial charge in [-0.25, -0.2) is 19.2 Å². The first-order valence-corrected chi connectivity index (χ1v) is 48.8. The van der Waals surface area contributed by atoms with E-state index in [0.717, 1.165) is 88.4 Å². The van der Waals surface area contributed by atoms with Crippen LogP contribution in [0.1, 0.15) is 496 Å². The largest absolute Gasteiger partial charge is 0.508 e. The number of methoxy groups -OCH3 is 1. The van der Waals surface area contributed by atoms with E-state index in [9.17, 15) is 24.3 Å². The molecule has 0 amide bonds. The van der Waals surface area contributed by atoms with Crippen LogP contribution in [0.3, 0.4) is 0 Å². The summed E-state index contributed by atoms with van der Waals surface area (Å²) in [6.45, 7) is 9.80. The Morgan fingerprint density at radius 3 is 0.655 bits per heavy atom. The summed E-state index contributed by atoms with van der Waals surface area (Å²) in [5.74, 6) is 0.763. The topological polar surface area (TPSA) is 181 Å². The molecule has 2 atom stereocenters. The zero-order valence-electron chi connectivity index (χ0n) is 74.9. The zero-order valence-corrected chi connectivity index (χ0v) is 74.9. The molecule has 666 valence electrons. The summed E-state index contributed by atoms with van der Waals surface area (Å²) in [4.78, 5) is 48.8. The molecule has 1 aromatic carbocycles. The molecule has 0 aliphatic rings. The summed E-state index contributed by atoms with van der Waals surface area (Å²) >= 11 is 0. The summed E-state index contributed by atoms with van der Waals surface area (Å²) in [6, 6.07) is 7.56. The highest BCUT2D eigenvalue weighted by atomic mass is 16.8. The lowest BCUT2D eigenvalue weighted by Crippen LogP contribution is -2.30. The average Bonchev–Trinajstić information content (AvgIpc) is 0.930. The van der Waals surface area contributed by atoms with Crippen molar-refractivity contribution in [2.24, 2.45) is 0 Å². The molecule has 0 spiro atoms. The molecule has 113 heavy (non-hydrogen) atoms. The molecule has 0 unspecified atom stereocenters. The van der Waals surface area contributed by atoms with Crippen molar-refractivity contribution in [3.8, 4) is 5.75 Å². The minimum Gasteiger partial charge on any atom is -0.497 e. The van der Waals surface area contributed by atoms with Gasteiger partial charge < -0.3 is 52.5 Å². The third-order valence-electron chi connectivity index (χ3n) is 22.1. The summed E-state index contributed by atoms with van der Waals surface area (Å²) in [7, 11) is 1.63. The van der Waals surface area contributed by atoms with Crippen molar-refractivity contribution in [2.45, 2.75) is 509 Å². The lowest BCUT2D eigenvalue weighted by atomic mass is 10.0. The Morgan fingerprint density at radius 1 is 0.248 bits per heavy atom. The summed E-state index contributed by atoms with van der Waals surface area (Å²) in [6.07, 6.45) is 89.2. The lowest BCUT2D eigenvalue weighted by molar-refractivity contribution is -0.0514. The molecule has 0 radical (unpaired) electrons. The van der Waals surface area contributed by atoms with Crippen LogP contribution >= 0.6 is 0 Å². The monoisotopic (exact) mass is 1600 g/mol. The number of ether oxygens (including phenoxy) is 10. The van der Waals surface area contributed by atoms with E-state index in [1.54, 1.807) is 7.11 Å². The minimum absolute atomic E-state index is 0.0485. The molecule has 15 heteroatoms. The second-order valence-electron chi connectivity index (χ2n) is 33.1.